The first-order valence-electron chi connectivity index (χ1n) is 12.4. The fourth-order valence-corrected chi connectivity index (χ4v) is 4.69. The molecule has 2 unspecified atom stereocenters. The number of rotatable bonds is 10. The van der Waals surface area contributed by atoms with Gasteiger partial charge >= 0.3 is 0 Å². The highest BCUT2D eigenvalue weighted by Gasteiger charge is 2.24. The number of nitrogens with one attached hydrogen (secondary N) is 2. The third kappa shape index (κ3) is 8.83. The van der Waals surface area contributed by atoms with Crippen LogP contribution in [0.3, 0.4) is 0 Å². The molecule has 1 aromatic rings. The molecule has 0 spiro atoms. The van der Waals surface area contributed by atoms with Gasteiger partial charge in [0.1, 0.15) is 5.76 Å². The summed E-state index contributed by atoms with van der Waals surface area (Å²) in [5.41, 5.74) is 0. The summed E-state index contributed by atoms with van der Waals surface area (Å²) in [6.45, 7) is 18.6. The molecule has 0 aliphatic carbocycles. The van der Waals surface area contributed by atoms with E-state index in [2.05, 4.69) is 52.2 Å². The van der Waals surface area contributed by atoms with E-state index in [4.69, 9.17) is 9.41 Å². The highest BCUT2D eigenvalue weighted by molar-refractivity contribution is 14.0. The molecule has 184 valence electrons. The summed E-state index contributed by atoms with van der Waals surface area (Å²) in [7, 11) is 0. The van der Waals surface area contributed by atoms with Crippen molar-refractivity contribution in [2.75, 3.05) is 72.0 Å². The highest BCUT2D eigenvalue weighted by atomic mass is 127. The number of hydrogen-bond acceptors (Lipinski definition) is 5. The van der Waals surface area contributed by atoms with Crippen LogP contribution in [0.5, 0.6) is 0 Å². The molecule has 2 fully saturated rings. The van der Waals surface area contributed by atoms with Crippen molar-refractivity contribution in [1.29, 1.82) is 0 Å². The van der Waals surface area contributed by atoms with Crippen molar-refractivity contribution in [3.05, 3.63) is 24.2 Å². The van der Waals surface area contributed by atoms with Gasteiger partial charge in [0.25, 0.3) is 0 Å². The molecule has 0 radical (unpaired) electrons. The number of hydrogen-bond donors (Lipinski definition) is 2. The van der Waals surface area contributed by atoms with Crippen LogP contribution < -0.4 is 10.6 Å². The van der Waals surface area contributed by atoms with E-state index in [1.54, 1.807) is 6.26 Å². The van der Waals surface area contributed by atoms with Crippen molar-refractivity contribution < 1.29 is 4.42 Å². The molecule has 3 heterocycles. The maximum Gasteiger partial charge on any atom is 0.191 e. The number of furan rings is 1. The van der Waals surface area contributed by atoms with Crippen molar-refractivity contribution >= 4 is 29.9 Å². The molecule has 2 atom stereocenters. The molecule has 0 amide bonds. The summed E-state index contributed by atoms with van der Waals surface area (Å²) in [6.07, 6.45) is 5.67. The second kappa shape index (κ2) is 15.1. The van der Waals surface area contributed by atoms with Crippen LogP contribution >= 0.6 is 24.0 Å². The fourth-order valence-electron chi connectivity index (χ4n) is 4.69. The molecule has 8 heteroatoms. The van der Waals surface area contributed by atoms with Gasteiger partial charge in [0.15, 0.2) is 5.96 Å². The Bertz CT molecular complexity index is 626. The maximum atomic E-state index is 5.79. The lowest BCUT2D eigenvalue weighted by atomic mass is 10.1. The normalized spacial score (nSPS) is 21.0. The lowest BCUT2D eigenvalue weighted by Crippen LogP contribution is -2.47. The van der Waals surface area contributed by atoms with Gasteiger partial charge in [0.2, 0.25) is 0 Å². The first-order valence-corrected chi connectivity index (χ1v) is 12.4. The number of likely N-dealkylation sites (N-methyl/N-ethyl adjacent to an activating group) is 1. The van der Waals surface area contributed by atoms with Crippen molar-refractivity contribution in [1.82, 2.24) is 25.3 Å². The third-order valence-electron chi connectivity index (χ3n) is 6.55. The van der Waals surface area contributed by atoms with Crippen LogP contribution in [0.25, 0.3) is 0 Å². The first-order chi connectivity index (χ1) is 15.2. The standard InChI is InChI=1S/C24H44N6O.HI/c1-4-25-24(26-18-21(3)20-29-15-13-28(5-2)14-16-29)27-19-22(23-10-9-17-31-23)30-11-7-6-8-12-30;/h9-10,17,21-22H,4-8,11-16,18-20H2,1-3H3,(H2,25,26,27);1H. The Kier molecular flexibility index (Phi) is 13.0. The molecule has 2 aliphatic rings. The molecule has 0 saturated carbocycles. The molecular weight excluding hydrogens is 515 g/mol. The van der Waals surface area contributed by atoms with Crippen LogP contribution in [-0.4, -0.2) is 92.7 Å². The van der Waals surface area contributed by atoms with Gasteiger partial charge in [0.05, 0.1) is 12.3 Å². The predicted octanol–water partition coefficient (Wildman–Crippen LogP) is 3.25. The average Bonchev–Trinajstić information content (AvgIpc) is 3.33. The fraction of sp³-hybridized carbons (Fsp3) is 0.792. The van der Waals surface area contributed by atoms with Gasteiger partial charge in [-0.2, -0.15) is 0 Å². The monoisotopic (exact) mass is 560 g/mol. The zero-order valence-corrected chi connectivity index (χ0v) is 22.7. The third-order valence-corrected chi connectivity index (χ3v) is 6.55. The van der Waals surface area contributed by atoms with E-state index in [-0.39, 0.29) is 30.0 Å². The van der Waals surface area contributed by atoms with E-state index in [1.165, 1.54) is 52.0 Å². The number of halogens is 1. The number of piperidine rings is 1. The van der Waals surface area contributed by atoms with Crippen molar-refractivity contribution in [2.45, 2.75) is 46.1 Å². The second-order valence-corrected chi connectivity index (χ2v) is 9.07. The Morgan fingerprint density at radius 1 is 1.03 bits per heavy atom. The van der Waals surface area contributed by atoms with E-state index in [0.717, 1.165) is 51.0 Å². The van der Waals surface area contributed by atoms with Crippen LogP contribution in [0, 0.1) is 5.92 Å². The van der Waals surface area contributed by atoms with E-state index in [9.17, 15) is 0 Å². The van der Waals surface area contributed by atoms with E-state index < -0.39 is 0 Å². The van der Waals surface area contributed by atoms with Gasteiger partial charge in [0, 0.05) is 52.4 Å². The Morgan fingerprint density at radius 3 is 2.38 bits per heavy atom. The molecule has 2 aliphatic heterocycles. The predicted molar refractivity (Wildman–Crippen MR) is 144 cm³/mol. The van der Waals surface area contributed by atoms with Crippen molar-refractivity contribution in [3.63, 3.8) is 0 Å². The van der Waals surface area contributed by atoms with Gasteiger partial charge in [-0.1, -0.05) is 20.3 Å². The van der Waals surface area contributed by atoms with E-state index in [0.29, 0.717) is 5.92 Å². The summed E-state index contributed by atoms with van der Waals surface area (Å²) in [5.74, 6) is 2.51. The Hall–Kier alpha value is -0.840. The molecule has 0 aromatic carbocycles. The highest BCUT2D eigenvalue weighted by Crippen LogP contribution is 2.24. The molecular formula is C24H45IN6O. The topological polar surface area (TPSA) is 59.3 Å². The van der Waals surface area contributed by atoms with E-state index >= 15 is 0 Å². The largest absolute Gasteiger partial charge is 0.468 e. The van der Waals surface area contributed by atoms with Crippen LogP contribution in [0.4, 0.5) is 0 Å². The lowest BCUT2D eigenvalue weighted by molar-refractivity contribution is 0.125. The molecule has 2 saturated heterocycles. The minimum atomic E-state index is 0. The lowest BCUT2D eigenvalue weighted by Gasteiger charge is -2.35. The summed E-state index contributed by atoms with van der Waals surface area (Å²) < 4.78 is 5.79. The number of guanidine groups is 1. The summed E-state index contributed by atoms with van der Waals surface area (Å²) in [4.78, 5) is 12.6. The molecule has 2 N–H and O–H groups in total. The van der Waals surface area contributed by atoms with Crippen LogP contribution in [0.15, 0.2) is 27.8 Å². The van der Waals surface area contributed by atoms with Crippen LogP contribution in [-0.2, 0) is 0 Å². The summed E-state index contributed by atoms with van der Waals surface area (Å²) >= 11 is 0. The van der Waals surface area contributed by atoms with Gasteiger partial charge in [-0.25, -0.2) is 0 Å². The number of aliphatic imine (C=N–C) groups is 1. The van der Waals surface area contributed by atoms with Crippen molar-refractivity contribution in [3.8, 4) is 0 Å². The molecule has 7 nitrogen and oxygen atoms in total. The number of likely N-dealkylation sites (tertiary alicyclic amines) is 1. The van der Waals surface area contributed by atoms with Crippen LogP contribution in [0.1, 0.15) is 51.8 Å². The number of nitrogens with zero attached hydrogens (tertiary/aromatic N) is 4. The zero-order valence-electron chi connectivity index (χ0n) is 20.4. The molecule has 0 bridgehead atoms. The summed E-state index contributed by atoms with van der Waals surface area (Å²) in [6, 6.07) is 4.35. The molecule has 3 rings (SSSR count). The van der Waals surface area contributed by atoms with Crippen molar-refractivity contribution in [2.24, 2.45) is 10.9 Å². The molecule has 1 aromatic heterocycles. The average molecular weight is 561 g/mol. The Morgan fingerprint density at radius 2 is 1.75 bits per heavy atom. The minimum Gasteiger partial charge on any atom is -0.468 e. The Labute approximate surface area is 212 Å². The maximum absolute atomic E-state index is 5.79. The quantitative estimate of drug-likeness (QED) is 0.261. The smallest absolute Gasteiger partial charge is 0.191 e. The summed E-state index contributed by atoms with van der Waals surface area (Å²) in [5, 5.41) is 7.02. The zero-order chi connectivity index (χ0) is 21.9. The minimum absolute atomic E-state index is 0. The SMILES string of the molecule is CCNC(=NCC(C)CN1CCN(CC)CC1)NCC(c1ccco1)N1CCCCC1.I. The van der Waals surface area contributed by atoms with Crippen LogP contribution in [0.2, 0.25) is 0 Å². The van der Waals surface area contributed by atoms with Gasteiger partial charge in [-0.05, 0) is 57.5 Å². The van der Waals surface area contributed by atoms with Gasteiger partial charge in [-0.15, -0.1) is 24.0 Å². The first kappa shape index (κ1) is 27.4. The van der Waals surface area contributed by atoms with Gasteiger partial charge in [-0.3, -0.25) is 9.89 Å². The van der Waals surface area contributed by atoms with E-state index in [1.807, 2.05) is 6.07 Å². The Balaban J connectivity index is 0.00000363. The second-order valence-electron chi connectivity index (χ2n) is 9.07. The number of piperazine rings is 1. The van der Waals surface area contributed by atoms with Gasteiger partial charge < -0.3 is 24.9 Å². The molecule has 32 heavy (non-hydrogen) atoms.